The van der Waals surface area contributed by atoms with Crippen LogP contribution in [-0.4, -0.2) is 30.6 Å². The fourth-order valence-corrected chi connectivity index (χ4v) is 1.61. The van der Waals surface area contributed by atoms with Gasteiger partial charge in [-0.2, -0.15) is 0 Å². The van der Waals surface area contributed by atoms with Crippen LogP contribution in [0.4, 0.5) is 0 Å². The molecule has 2 nitrogen and oxygen atoms in total. The molecule has 2 N–H and O–H groups in total. The summed E-state index contributed by atoms with van der Waals surface area (Å²) in [7, 11) is 0. The zero-order chi connectivity index (χ0) is 8.97. The van der Waals surface area contributed by atoms with E-state index in [9.17, 15) is 0 Å². The van der Waals surface area contributed by atoms with Gasteiger partial charge in [0.15, 0.2) is 0 Å². The molecule has 0 aromatic carbocycles. The van der Waals surface area contributed by atoms with E-state index in [-0.39, 0.29) is 0 Å². The highest BCUT2D eigenvalue weighted by Gasteiger charge is 2.14. The molecule has 2 heteroatoms. The third-order valence-electron chi connectivity index (χ3n) is 2.68. The van der Waals surface area contributed by atoms with E-state index in [1.807, 2.05) is 0 Å². The number of hydrogen-bond donors (Lipinski definition) is 1. The first-order valence-electron chi connectivity index (χ1n) is 4.83. The lowest BCUT2D eigenvalue weighted by atomic mass is 10.1. The highest BCUT2D eigenvalue weighted by atomic mass is 15.1. The molecule has 1 aliphatic heterocycles. The van der Waals surface area contributed by atoms with Crippen molar-refractivity contribution in [3.8, 4) is 0 Å². The van der Waals surface area contributed by atoms with Crippen molar-refractivity contribution < 1.29 is 0 Å². The number of nitrogens with zero attached hydrogens (tertiary/aromatic N) is 1. The predicted octanol–water partition coefficient (Wildman–Crippen LogP) is 1.38. The van der Waals surface area contributed by atoms with Gasteiger partial charge in [0.05, 0.1) is 0 Å². The average Bonchev–Trinajstić information content (AvgIpc) is 2.06. The Morgan fingerprint density at radius 3 is 2.92 bits per heavy atom. The van der Waals surface area contributed by atoms with E-state index in [0.29, 0.717) is 6.04 Å². The molecular formula is C10H20N2. The molecule has 0 saturated heterocycles. The molecule has 1 unspecified atom stereocenters. The maximum Gasteiger partial charge on any atom is 0.0168 e. The minimum atomic E-state index is 0.652. The van der Waals surface area contributed by atoms with Crippen LogP contribution in [0.2, 0.25) is 0 Å². The molecule has 0 fully saturated rings. The second kappa shape index (κ2) is 4.63. The lowest BCUT2D eigenvalue weighted by molar-refractivity contribution is 0.217. The van der Waals surface area contributed by atoms with E-state index in [1.165, 1.54) is 18.5 Å². The molecule has 1 atom stereocenters. The molecule has 0 spiro atoms. The second-order valence-electron chi connectivity index (χ2n) is 3.72. The molecule has 1 heterocycles. The normalized spacial score (nSPS) is 22.1. The van der Waals surface area contributed by atoms with E-state index in [1.54, 1.807) is 0 Å². The first-order chi connectivity index (χ1) is 5.74. The second-order valence-corrected chi connectivity index (χ2v) is 3.72. The van der Waals surface area contributed by atoms with Crippen molar-refractivity contribution in [3.05, 3.63) is 11.6 Å². The van der Waals surface area contributed by atoms with Gasteiger partial charge in [0, 0.05) is 19.1 Å². The average molecular weight is 168 g/mol. The smallest absolute Gasteiger partial charge is 0.0168 e. The zero-order valence-corrected chi connectivity index (χ0v) is 8.21. The summed E-state index contributed by atoms with van der Waals surface area (Å²) in [6, 6.07) is 0.652. The Morgan fingerprint density at radius 2 is 2.42 bits per heavy atom. The predicted molar refractivity (Wildman–Crippen MR) is 53.1 cm³/mol. The Bertz CT molecular complexity index is 163. The molecule has 12 heavy (non-hydrogen) atoms. The van der Waals surface area contributed by atoms with Gasteiger partial charge in [-0.05, 0) is 33.2 Å². The van der Waals surface area contributed by atoms with Gasteiger partial charge in [-0.15, -0.1) is 0 Å². The molecule has 0 bridgehead atoms. The lowest BCUT2D eigenvalue weighted by Crippen LogP contribution is -2.37. The molecule has 0 saturated carbocycles. The topological polar surface area (TPSA) is 29.3 Å². The molecule has 0 aromatic rings. The van der Waals surface area contributed by atoms with E-state index < -0.39 is 0 Å². The summed E-state index contributed by atoms with van der Waals surface area (Å²) in [4.78, 5) is 2.50. The zero-order valence-electron chi connectivity index (χ0n) is 8.21. The van der Waals surface area contributed by atoms with Crippen molar-refractivity contribution in [3.63, 3.8) is 0 Å². The van der Waals surface area contributed by atoms with Crippen molar-refractivity contribution in [1.82, 2.24) is 4.90 Å². The summed E-state index contributed by atoms with van der Waals surface area (Å²) in [6.45, 7) is 7.61. The molecule has 70 valence electrons. The van der Waals surface area contributed by atoms with Crippen LogP contribution in [0, 0.1) is 0 Å². The minimum Gasteiger partial charge on any atom is -0.330 e. The molecule has 1 aliphatic rings. The Kier molecular flexibility index (Phi) is 3.76. The standard InChI is InChI=1S/C10H20N2/c1-9-4-7-12(8-5-9)10(2)3-6-11/h4,10H,3,5-8,11H2,1-2H3. The molecule has 0 radical (unpaired) electrons. The van der Waals surface area contributed by atoms with Crippen LogP contribution in [0.5, 0.6) is 0 Å². The van der Waals surface area contributed by atoms with E-state index in [0.717, 1.165) is 19.5 Å². The molecule has 0 aliphatic carbocycles. The van der Waals surface area contributed by atoms with Gasteiger partial charge >= 0.3 is 0 Å². The summed E-state index contributed by atoms with van der Waals surface area (Å²) in [6.07, 6.45) is 4.68. The van der Waals surface area contributed by atoms with Crippen LogP contribution >= 0.6 is 0 Å². The van der Waals surface area contributed by atoms with Crippen LogP contribution in [-0.2, 0) is 0 Å². The lowest BCUT2D eigenvalue weighted by Gasteiger charge is -2.30. The first kappa shape index (κ1) is 9.75. The van der Waals surface area contributed by atoms with Crippen LogP contribution in [0.15, 0.2) is 11.6 Å². The fraction of sp³-hybridized carbons (Fsp3) is 0.800. The highest BCUT2D eigenvalue weighted by Crippen LogP contribution is 2.13. The Labute approximate surface area is 75.4 Å². The van der Waals surface area contributed by atoms with Crippen molar-refractivity contribution >= 4 is 0 Å². The van der Waals surface area contributed by atoms with E-state index in [2.05, 4.69) is 24.8 Å². The van der Waals surface area contributed by atoms with Gasteiger partial charge in [0.25, 0.3) is 0 Å². The maximum absolute atomic E-state index is 5.52. The summed E-state index contributed by atoms with van der Waals surface area (Å²) >= 11 is 0. The quantitative estimate of drug-likeness (QED) is 0.645. The summed E-state index contributed by atoms with van der Waals surface area (Å²) in [5, 5.41) is 0. The van der Waals surface area contributed by atoms with Crippen LogP contribution in [0.25, 0.3) is 0 Å². The highest BCUT2D eigenvalue weighted by molar-refractivity contribution is 5.04. The summed E-state index contributed by atoms with van der Waals surface area (Å²) in [5.41, 5.74) is 7.05. The number of hydrogen-bond acceptors (Lipinski definition) is 2. The van der Waals surface area contributed by atoms with Crippen molar-refractivity contribution in [2.45, 2.75) is 32.7 Å². The van der Waals surface area contributed by atoms with Crippen LogP contribution in [0.3, 0.4) is 0 Å². The summed E-state index contributed by atoms with van der Waals surface area (Å²) in [5.74, 6) is 0. The van der Waals surface area contributed by atoms with Crippen molar-refractivity contribution in [2.24, 2.45) is 5.73 Å². The van der Waals surface area contributed by atoms with Crippen LogP contribution < -0.4 is 5.73 Å². The SMILES string of the molecule is CC1=CCN(C(C)CCN)CC1. The monoisotopic (exact) mass is 168 g/mol. The van der Waals surface area contributed by atoms with Gasteiger partial charge in [-0.25, -0.2) is 0 Å². The van der Waals surface area contributed by atoms with Gasteiger partial charge < -0.3 is 5.73 Å². The Balaban J connectivity index is 2.34. The Hall–Kier alpha value is -0.340. The number of rotatable bonds is 3. The fourth-order valence-electron chi connectivity index (χ4n) is 1.61. The van der Waals surface area contributed by atoms with Gasteiger partial charge in [0.1, 0.15) is 0 Å². The summed E-state index contributed by atoms with van der Waals surface area (Å²) < 4.78 is 0. The van der Waals surface area contributed by atoms with E-state index >= 15 is 0 Å². The van der Waals surface area contributed by atoms with Crippen LogP contribution in [0.1, 0.15) is 26.7 Å². The molecular weight excluding hydrogens is 148 g/mol. The number of nitrogens with two attached hydrogens (primary N) is 1. The van der Waals surface area contributed by atoms with Gasteiger partial charge in [-0.3, -0.25) is 4.90 Å². The van der Waals surface area contributed by atoms with Crippen molar-refractivity contribution in [1.29, 1.82) is 0 Å². The van der Waals surface area contributed by atoms with Gasteiger partial charge in [0.2, 0.25) is 0 Å². The minimum absolute atomic E-state index is 0.652. The van der Waals surface area contributed by atoms with E-state index in [4.69, 9.17) is 5.73 Å². The Morgan fingerprint density at radius 1 is 1.67 bits per heavy atom. The largest absolute Gasteiger partial charge is 0.330 e. The third kappa shape index (κ3) is 2.61. The molecule has 1 rings (SSSR count). The third-order valence-corrected chi connectivity index (χ3v) is 2.68. The van der Waals surface area contributed by atoms with Gasteiger partial charge in [-0.1, -0.05) is 11.6 Å². The van der Waals surface area contributed by atoms with Crippen molar-refractivity contribution in [2.75, 3.05) is 19.6 Å². The maximum atomic E-state index is 5.52. The molecule has 0 amide bonds. The molecule has 0 aromatic heterocycles. The first-order valence-corrected chi connectivity index (χ1v) is 4.83.